The summed E-state index contributed by atoms with van der Waals surface area (Å²) < 4.78 is 3.93. The van der Waals surface area contributed by atoms with Gasteiger partial charge in [0.15, 0.2) is 0 Å². The van der Waals surface area contributed by atoms with E-state index in [-0.39, 0.29) is 0 Å². The lowest BCUT2D eigenvalue weighted by molar-refractivity contribution is 0.284. The molecule has 0 saturated heterocycles. The van der Waals surface area contributed by atoms with E-state index in [1.54, 1.807) is 5.56 Å². The monoisotopic (exact) mass is 498 g/mol. The minimum absolute atomic E-state index is 0.702. The van der Waals surface area contributed by atoms with Crippen LogP contribution in [0.5, 0.6) is 0 Å². The second-order valence-corrected chi connectivity index (χ2v) is 11.9. The summed E-state index contributed by atoms with van der Waals surface area (Å²) in [5.74, 6) is 1.56. The van der Waals surface area contributed by atoms with Crippen molar-refractivity contribution in [1.82, 2.24) is 9.88 Å². The van der Waals surface area contributed by atoms with Crippen molar-refractivity contribution in [2.75, 3.05) is 6.54 Å². The van der Waals surface area contributed by atoms with Crippen LogP contribution in [-0.2, 0) is 0 Å². The summed E-state index contributed by atoms with van der Waals surface area (Å²) in [6.45, 7) is 1.19. The first-order valence-electron chi connectivity index (χ1n) is 13.8. The summed E-state index contributed by atoms with van der Waals surface area (Å²) in [4.78, 5) is 0. The van der Waals surface area contributed by atoms with Crippen LogP contribution in [0.15, 0.2) is 28.9 Å². The fraction of sp³-hybridized carbons (Fsp3) is 0.724. The van der Waals surface area contributed by atoms with Crippen molar-refractivity contribution in [2.45, 2.75) is 121 Å². The topological polar surface area (TPSA) is 17.0 Å². The van der Waals surface area contributed by atoms with Crippen molar-refractivity contribution in [3.8, 4) is 0 Å². The lowest BCUT2D eigenvalue weighted by Gasteiger charge is -2.31. The van der Waals surface area contributed by atoms with E-state index < -0.39 is 0 Å². The van der Waals surface area contributed by atoms with E-state index in [4.69, 9.17) is 0 Å². The van der Waals surface area contributed by atoms with Crippen LogP contribution in [0.3, 0.4) is 0 Å². The zero-order valence-electron chi connectivity index (χ0n) is 20.0. The van der Waals surface area contributed by atoms with E-state index >= 15 is 0 Å². The largest absolute Gasteiger partial charge is 0.344 e. The number of nitrogens with zero attached hydrogens (tertiary/aromatic N) is 1. The summed E-state index contributed by atoms with van der Waals surface area (Å²) in [6.07, 6.45) is 25.1. The predicted octanol–water partition coefficient (Wildman–Crippen LogP) is 8.89. The highest BCUT2D eigenvalue weighted by molar-refractivity contribution is 9.10. The molecule has 1 unspecified atom stereocenters. The minimum Gasteiger partial charge on any atom is -0.344 e. The van der Waals surface area contributed by atoms with E-state index in [9.17, 15) is 0 Å². The van der Waals surface area contributed by atoms with Crippen LogP contribution in [-0.4, -0.2) is 17.2 Å². The van der Waals surface area contributed by atoms with Crippen LogP contribution >= 0.6 is 15.9 Å². The Morgan fingerprint density at radius 3 is 2.22 bits per heavy atom. The van der Waals surface area contributed by atoms with Gasteiger partial charge >= 0.3 is 0 Å². The second kappa shape index (κ2) is 11.1. The molecule has 0 aliphatic heterocycles. The highest BCUT2D eigenvalue weighted by Crippen LogP contribution is 2.43. The maximum atomic E-state index is 3.97. The molecule has 0 radical (unpaired) electrons. The first-order chi connectivity index (χ1) is 15.8. The summed E-state index contributed by atoms with van der Waals surface area (Å²) in [6, 6.07) is 8.54. The molecule has 32 heavy (non-hydrogen) atoms. The molecule has 5 rings (SSSR count). The Morgan fingerprint density at radius 2 is 1.50 bits per heavy atom. The number of aromatic nitrogens is 1. The molecule has 1 atom stereocenters. The molecule has 3 saturated carbocycles. The number of hydrogen-bond donors (Lipinski definition) is 1. The fourth-order valence-electron chi connectivity index (χ4n) is 7.14. The van der Waals surface area contributed by atoms with Gasteiger partial charge in [0, 0.05) is 33.7 Å². The molecule has 3 aliphatic carbocycles. The molecule has 0 spiro atoms. The molecule has 1 aromatic heterocycles. The van der Waals surface area contributed by atoms with Gasteiger partial charge in [0.2, 0.25) is 0 Å². The molecule has 1 N–H and O–H groups in total. The Morgan fingerprint density at radius 1 is 0.844 bits per heavy atom. The summed E-state index contributed by atoms with van der Waals surface area (Å²) >= 11 is 3.80. The third-order valence-corrected chi connectivity index (χ3v) is 9.40. The molecule has 0 amide bonds. The van der Waals surface area contributed by atoms with Crippen molar-refractivity contribution in [3.05, 3.63) is 34.4 Å². The number of benzene rings is 1. The Bertz CT molecular complexity index is 853. The zero-order valence-corrected chi connectivity index (χ0v) is 21.6. The van der Waals surface area contributed by atoms with Gasteiger partial charge in [-0.2, -0.15) is 0 Å². The maximum Gasteiger partial charge on any atom is 0.0486 e. The third kappa shape index (κ3) is 5.30. The lowest BCUT2D eigenvalue weighted by atomic mass is 9.75. The smallest absolute Gasteiger partial charge is 0.0486 e. The number of fused-ring (bicyclic) bond motifs is 1. The molecule has 1 aromatic carbocycles. The summed E-state index contributed by atoms with van der Waals surface area (Å²) in [5.41, 5.74) is 3.14. The van der Waals surface area contributed by atoms with E-state index in [2.05, 4.69) is 50.2 Å². The normalized spacial score (nSPS) is 23.0. The van der Waals surface area contributed by atoms with Gasteiger partial charge in [0.25, 0.3) is 0 Å². The molecular formula is C29H43BrN2. The third-order valence-electron chi connectivity index (χ3n) is 8.91. The minimum atomic E-state index is 0.702. The highest BCUT2D eigenvalue weighted by atomic mass is 79.9. The summed E-state index contributed by atoms with van der Waals surface area (Å²) in [7, 11) is 0. The van der Waals surface area contributed by atoms with E-state index in [0.29, 0.717) is 12.0 Å². The Balaban J connectivity index is 1.43. The Kier molecular flexibility index (Phi) is 7.95. The molecule has 3 fully saturated rings. The molecule has 1 heterocycles. The van der Waals surface area contributed by atoms with Gasteiger partial charge in [-0.05, 0) is 87.1 Å². The van der Waals surface area contributed by atoms with Gasteiger partial charge in [0.05, 0.1) is 0 Å². The molecule has 2 nitrogen and oxygen atoms in total. The highest BCUT2D eigenvalue weighted by Gasteiger charge is 2.29. The fourth-order valence-corrected chi connectivity index (χ4v) is 7.50. The van der Waals surface area contributed by atoms with Crippen molar-refractivity contribution >= 4 is 26.8 Å². The van der Waals surface area contributed by atoms with Gasteiger partial charge in [-0.15, -0.1) is 0 Å². The van der Waals surface area contributed by atoms with Gasteiger partial charge in [-0.3, -0.25) is 0 Å². The van der Waals surface area contributed by atoms with E-state index in [1.165, 1.54) is 125 Å². The first kappa shape index (κ1) is 23.0. The molecule has 0 bridgehead atoms. The lowest BCUT2D eigenvalue weighted by Crippen LogP contribution is -2.33. The standard InChI is InChI=1S/C29H43BrN2/c30-23-16-17-29-27(20-23)28(21-32(29)25-14-8-3-9-15-25)26(22-10-4-1-5-11-22)18-19-31-24-12-6-2-7-13-24/h16-17,20-22,24-26,31H,1-15,18-19H2. The SMILES string of the molecule is Brc1ccc2c(c1)c(C(CCNC1CCCCC1)C1CCCCC1)cn2C1CCCCC1. The van der Waals surface area contributed by atoms with E-state index in [1.807, 2.05) is 0 Å². The number of halogens is 1. The maximum absolute atomic E-state index is 3.97. The van der Waals surface area contributed by atoms with Gasteiger partial charge in [0.1, 0.15) is 0 Å². The van der Waals surface area contributed by atoms with Gasteiger partial charge in [-0.25, -0.2) is 0 Å². The van der Waals surface area contributed by atoms with Gasteiger partial charge in [-0.1, -0.05) is 73.7 Å². The van der Waals surface area contributed by atoms with Crippen LogP contribution in [0.1, 0.15) is 120 Å². The Labute approximate surface area is 204 Å². The number of hydrogen-bond acceptors (Lipinski definition) is 1. The molecule has 176 valence electrons. The first-order valence-corrected chi connectivity index (χ1v) is 14.6. The summed E-state index contributed by atoms with van der Waals surface area (Å²) in [5, 5.41) is 5.50. The van der Waals surface area contributed by atoms with Crippen LogP contribution in [0.2, 0.25) is 0 Å². The predicted molar refractivity (Wildman–Crippen MR) is 141 cm³/mol. The van der Waals surface area contributed by atoms with Crippen LogP contribution < -0.4 is 5.32 Å². The molecular weight excluding hydrogens is 456 g/mol. The quantitative estimate of drug-likeness (QED) is 0.403. The zero-order chi connectivity index (χ0) is 21.8. The molecule has 2 aromatic rings. The number of nitrogens with one attached hydrogen (secondary N) is 1. The van der Waals surface area contributed by atoms with Crippen LogP contribution in [0.4, 0.5) is 0 Å². The van der Waals surface area contributed by atoms with Crippen molar-refractivity contribution in [1.29, 1.82) is 0 Å². The van der Waals surface area contributed by atoms with Crippen molar-refractivity contribution in [2.24, 2.45) is 5.92 Å². The Hall–Kier alpha value is -0.800. The van der Waals surface area contributed by atoms with Crippen molar-refractivity contribution in [3.63, 3.8) is 0 Å². The average Bonchev–Trinajstić information content (AvgIpc) is 3.22. The average molecular weight is 500 g/mol. The number of rotatable bonds is 7. The molecule has 3 heteroatoms. The second-order valence-electron chi connectivity index (χ2n) is 11.0. The van der Waals surface area contributed by atoms with Crippen LogP contribution in [0, 0.1) is 5.92 Å². The van der Waals surface area contributed by atoms with E-state index in [0.717, 1.165) is 12.0 Å². The van der Waals surface area contributed by atoms with Crippen LogP contribution in [0.25, 0.3) is 10.9 Å². The van der Waals surface area contributed by atoms with Gasteiger partial charge < -0.3 is 9.88 Å². The van der Waals surface area contributed by atoms with Crippen molar-refractivity contribution < 1.29 is 0 Å². The molecule has 3 aliphatic rings.